The molecular formula is C13H15BrClNO. The maximum atomic E-state index is 12.1. The van der Waals surface area contributed by atoms with Gasteiger partial charge >= 0.3 is 0 Å². The third-order valence-corrected chi connectivity index (χ3v) is 4.75. The summed E-state index contributed by atoms with van der Waals surface area (Å²) in [5.74, 6) is 0.456. The van der Waals surface area contributed by atoms with E-state index in [1.165, 1.54) is 0 Å². The van der Waals surface area contributed by atoms with Gasteiger partial charge < -0.3 is 5.32 Å². The maximum absolute atomic E-state index is 12.1. The number of hydrogen-bond donors (Lipinski definition) is 1. The predicted molar refractivity (Wildman–Crippen MR) is 73.6 cm³/mol. The van der Waals surface area contributed by atoms with E-state index in [9.17, 15) is 4.79 Å². The van der Waals surface area contributed by atoms with Crippen molar-refractivity contribution in [1.82, 2.24) is 5.32 Å². The van der Waals surface area contributed by atoms with Crippen molar-refractivity contribution in [3.8, 4) is 0 Å². The van der Waals surface area contributed by atoms with Crippen LogP contribution in [0.1, 0.15) is 35.2 Å². The van der Waals surface area contributed by atoms with Crippen molar-refractivity contribution in [1.29, 1.82) is 0 Å². The zero-order valence-corrected chi connectivity index (χ0v) is 12.1. The zero-order valence-electron chi connectivity index (χ0n) is 9.72. The van der Waals surface area contributed by atoms with Crippen molar-refractivity contribution in [2.75, 3.05) is 5.88 Å². The highest BCUT2D eigenvalue weighted by atomic mass is 79.9. The molecule has 1 aliphatic carbocycles. The van der Waals surface area contributed by atoms with Gasteiger partial charge in [0.05, 0.1) is 5.54 Å². The molecule has 4 heteroatoms. The second-order valence-corrected chi connectivity index (χ2v) is 5.81. The van der Waals surface area contributed by atoms with Gasteiger partial charge in [0.1, 0.15) is 0 Å². The first-order valence-electron chi connectivity index (χ1n) is 5.71. The number of amides is 1. The van der Waals surface area contributed by atoms with Crippen LogP contribution in [-0.4, -0.2) is 17.3 Å². The van der Waals surface area contributed by atoms with Gasteiger partial charge in [0.15, 0.2) is 0 Å². The van der Waals surface area contributed by atoms with Crippen LogP contribution in [0.4, 0.5) is 0 Å². The maximum Gasteiger partial charge on any atom is 0.251 e. The Morgan fingerprint density at radius 2 is 2.24 bits per heavy atom. The molecular weight excluding hydrogens is 302 g/mol. The average Bonchev–Trinajstić information content (AvgIpc) is 2.27. The Morgan fingerprint density at radius 3 is 2.71 bits per heavy atom. The van der Waals surface area contributed by atoms with Crippen LogP contribution in [0.15, 0.2) is 22.7 Å². The smallest absolute Gasteiger partial charge is 0.251 e. The largest absolute Gasteiger partial charge is 0.345 e. The Morgan fingerprint density at radius 1 is 1.53 bits per heavy atom. The Balaban J connectivity index is 2.11. The number of nitrogens with one attached hydrogen (secondary N) is 1. The lowest BCUT2D eigenvalue weighted by atomic mass is 9.78. The molecule has 0 bridgehead atoms. The minimum absolute atomic E-state index is 0.0361. The predicted octanol–water partition coefficient (Wildman–Crippen LogP) is 3.65. The summed E-state index contributed by atoms with van der Waals surface area (Å²) in [5, 5.41) is 3.05. The molecule has 2 rings (SSSR count). The van der Waals surface area contributed by atoms with E-state index >= 15 is 0 Å². The number of alkyl halides is 1. The van der Waals surface area contributed by atoms with Gasteiger partial charge in [0, 0.05) is 15.9 Å². The molecule has 1 saturated carbocycles. The standard InChI is InChI=1S/C13H15BrClNO/c1-9-3-4-10(7-11(9)14)12(17)16-13(8-15)5-2-6-13/h3-4,7H,2,5-6,8H2,1H3,(H,16,17). The molecule has 1 aromatic rings. The lowest BCUT2D eigenvalue weighted by molar-refractivity contribution is 0.0854. The van der Waals surface area contributed by atoms with Crippen molar-refractivity contribution < 1.29 is 4.79 Å². The van der Waals surface area contributed by atoms with Crippen molar-refractivity contribution in [2.45, 2.75) is 31.7 Å². The van der Waals surface area contributed by atoms with Crippen LogP contribution in [-0.2, 0) is 0 Å². The monoisotopic (exact) mass is 315 g/mol. The highest BCUT2D eigenvalue weighted by Gasteiger charge is 2.37. The molecule has 17 heavy (non-hydrogen) atoms. The first-order valence-corrected chi connectivity index (χ1v) is 7.04. The zero-order chi connectivity index (χ0) is 12.5. The van der Waals surface area contributed by atoms with Crippen LogP contribution >= 0.6 is 27.5 Å². The third-order valence-electron chi connectivity index (χ3n) is 3.38. The number of aryl methyl sites for hydroxylation is 1. The number of carbonyl (C=O) groups is 1. The molecule has 0 aromatic heterocycles. The van der Waals surface area contributed by atoms with E-state index in [2.05, 4.69) is 21.2 Å². The molecule has 0 heterocycles. The highest BCUT2D eigenvalue weighted by Crippen LogP contribution is 2.33. The minimum Gasteiger partial charge on any atom is -0.345 e. The number of carbonyl (C=O) groups excluding carboxylic acids is 1. The summed E-state index contributed by atoms with van der Waals surface area (Å²) in [6.07, 6.45) is 3.11. The fourth-order valence-corrected chi connectivity index (χ4v) is 2.66. The van der Waals surface area contributed by atoms with E-state index in [1.807, 2.05) is 25.1 Å². The van der Waals surface area contributed by atoms with Gasteiger partial charge in [-0.25, -0.2) is 0 Å². The summed E-state index contributed by atoms with van der Waals surface area (Å²) in [6.45, 7) is 2.00. The van der Waals surface area contributed by atoms with Gasteiger partial charge in [-0.2, -0.15) is 0 Å². The molecule has 0 atom stereocenters. The number of benzene rings is 1. The molecule has 92 valence electrons. The van der Waals surface area contributed by atoms with Gasteiger partial charge in [-0.15, -0.1) is 11.6 Å². The summed E-state index contributed by atoms with van der Waals surface area (Å²) < 4.78 is 0.957. The van der Waals surface area contributed by atoms with Crippen molar-refractivity contribution in [3.05, 3.63) is 33.8 Å². The average molecular weight is 317 g/mol. The Hall–Kier alpha value is -0.540. The van der Waals surface area contributed by atoms with Gasteiger partial charge in [-0.05, 0) is 43.9 Å². The molecule has 0 unspecified atom stereocenters. The van der Waals surface area contributed by atoms with Gasteiger partial charge in [-0.3, -0.25) is 4.79 Å². The highest BCUT2D eigenvalue weighted by molar-refractivity contribution is 9.10. The number of hydrogen-bond acceptors (Lipinski definition) is 1. The molecule has 1 amide bonds. The molecule has 2 nitrogen and oxygen atoms in total. The van der Waals surface area contributed by atoms with Crippen LogP contribution in [0.3, 0.4) is 0 Å². The van der Waals surface area contributed by atoms with E-state index < -0.39 is 0 Å². The SMILES string of the molecule is Cc1ccc(C(=O)NC2(CCl)CCC2)cc1Br. The first-order chi connectivity index (χ1) is 8.06. The third kappa shape index (κ3) is 2.66. The normalized spacial score (nSPS) is 17.4. The van der Waals surface area contributed by atoms with E-state index in [1.54, 1.807) is 0 Å². The van der Waals surface area contributed by atoms with E-state index in [-0.39, 0.29) is 11.4 Å². The topological polar surface area (TPSA) is 29.1 Å². The molecule has 0 spiro atoms. The minimum atomic E-state index is -0.171. The van der Waals surface area contributed by atoms with E-state index in [4.69, 9.17) is 11.6 Å². The van der Waals surface area contributed by atoms with Crippen molar-refractivity contribution in [3.63, 3.8) is 0 Å². The molecule has 0 radical (unpaired) electrons. The fraction of sp³-hybridized carbons (Fsp3) is 0.462. The molecule has 1 fully saturated rings. The van der Waals surface area contributed by atoms with Crippen LogP contribution in [0.25, 0.3) is 0 Å². The lowest BCUT2D eigenvalue weighted by Crippen LogP contribution is -2.55. The number of halogens is 2. The summed E-state index contributed by atoms with van der Waals surface area (Å²) in [4.78, 5) is 12.1. The van der Waals surface area contributed by atoms with Crippen LogP contribution in [0.2, 0.25) is 0 Å². The number of rotatable bonds is 3. The summed E-state index contributed by atoms with van der Waals surface area (Å²) >= 11 is 9.36. The van der Waals surface area contributed by atoms with Gasteiger partial charge in [-0.1, -0.05) is 22.0 Å². The Kier molecular flexibility index (Phi) is 3.79. The van der Waals surface area contributed by atoms with Gasteiger partial charge in [0.2, 0.25) is 0 Å². The van der Waals surface area contributed by atoms with Gasteiger partial charge in [0.25, 0.3) is 5.91 Å². The summed E-state index contributed by atoms with van der Waals surface area (Å²) in [7, 11) is 0. The first kappa shape index (κ1) is 12.9. The van der Waals surface area contributed by atoms with E-state index in [0.29, 0.717) is 11.4 Å². The van der Waals surface area contributed by atoms with Crippen LogP contribution in [0.5, 0.6) is 0 Å². The second kappa shape index (κ2) is 4.99. The second-order valence-electron chi connectivity index (χ2n) is 4.69. The molecule has 1 N–H and O–H groups in total. The Labute approximate surface area is 115 Å². The molecule has 1 aliphatic rings. The molecule has 0 saturated heterocycles. The van der Waals surface area contributed by atoms with E-state index in [0.717, 1.165) is 29.3 Å². The molecule has 0 aliphatic heterocycles. The van der Waals surface area contributed by atoms with Crippen LogP contribution in [0, 0.1) is 6.92 Å². The molecule has 1 aromatic carbocycles. The van der Waals surface area contributed by atoms with Crippen molar-refractivity contribution >= 4 is 33.4 Å². The van der Waals surface area contributed by atoms with Crippen LogP contribution < -0.4 is 5.32 Å². The quantitative estimate of drug-likeness (QED) is 0.847. The fourth-order valence-electron chi connectivity index (χ4n) is 1.94. The summed E-state index contributed by atoms with van der Waals surface area (Å²) in [6, 6.07) is 5.63. The van der Waals surface area contributed by atoms with Crippen molar-refractivity contribution in [2.24, 2.45) is 0 Å². The Bertz CT molecular complexity index is 438. The lowest BCUT2D eigenvalue weighted by Gasteiger charge is -2.41. The summed E-state index contributed by atoms with van der Waals surface area (Å²) in [5.41, 5.74) is 1.63.